The molecular formula is C15H18FNO2. The molecule has 3 rings (SSSR count). The van der Waals surface area contributed by atoms with E-state index in [-0.39, 0.29) is 11.9 Å². The quantitative estimate of drug-likeness (QED) is 0.891. The first kappa shape index (κ1) is 12.6. The van der Waals surface area contributed by atoms with E-state index < -0.39 is 11.4 Å². The van der Waals surface area contributed by atoms with E-state index in [9.17, 15) is 14.3 Å². The molecule has 1 heterocycles. The SMILES string of the molecule is C[C@]1(C(=O)O)CCN([C@@H]2CCc3ccc(F)cc32)C1. The molecule has 4 heteroatoms. The van der Waals surface area contributed by atoms with Crippen molar-refractivity contribution in [2.24, 2.45) is 5.41 Å². The highest BCUT2D eigenvalue weighted by atomic mass is 19.1. The molecule has 0 spiro atoms. The number of carboxylic acids is 1. The fourth-order valence-electron chi connectivity index (χ4n) is 3.37. The van der Waals surface area contributed by atoms with E-state index in [1.54, 1.807) is 13.0 Å². The van der Waals surface area contributed by atoms with Crippen molar-refractivity contribution < 1.29 is 14.3 Å². The van der Waals surface area contributed by atoms with Crippen molar-refractivity contribution in [3.05, 3.63) is 35.1 Å². The van der Waals surface area contributed by atoms with Crippen molar-refractivity contribution in [2.75, 3.05) is 13.1 Å². The molecule has 2 aliphatic rings. The van der Waals surface area contributed by atoms with Crippen LogP contribution in [0.1, 0.15) is 36.9 Å². The van der Waals surface area contributed by atoms with Crippen molar-refractivity contribution in [1.82, 2.24) is 4.90 Å². The maximum Gasteiger partial charge on any atom is 0.310 e. The number of rotatable bonds is 2. The molecule has 1 N–H and O–H groups in total. The fraction of sp³-hybridized carbons (Fsp3) is 0.533. The second-order valence-electron chi connectivity index (χ2n) is 5.98. The van der Waals surface area contributed by atoms with Gasteiger partial charge in [-0.2, -0.15) is 0 Å². The van der Waals surface area contributed by atoms with Crippen LogP contribution in [-0.4, -0.2) is 29.1 Å². The Morgan fingerprint density at radius 3 is 3.00 bits per heavy atom. The molecule has 1 fully saturated rings. The van der Waals surface area contributed by atoms with Crippen LogP contribution in [0.5, 0.6) is 0 Å². The van der Waals surface area contributed by atoms with E-state index in [1.807, 2.05) is 6.07 Å². The highest BCUT2D eigenvalue weighted by Gasteiger charge is 2.43. The summed E-state index contributed by atoms with van der Waals surface area (Å²) in [6, 6.07) is 5.17. The number of likely N-dealkylation sites (tertiary alicyclic amines) is 1. The topological polar surface area (TPSA) is 40.5 Å². The number of halogens is 1. The Kier molecular flexibility index (Phi) is 2.86. The van der Waals surface area contributed by atoms with Crippen LogP contribution in [-0.2, 0) is 11.2 Å². The monoisotopic (exact) mass is 263 g/mol. The van der Waals surface area contributed by atoms with Gasteiger partial charge in [0.05, 0.1) is 5.41 Å². The molecule has 1 saturated heterocycles. The first-order valence-electron chi connectivity index (χ1n) is 6.75. The van der Waals surface area contributed by atoms with Crippen molar-refractivity contribution in [2.45, 2.75) is 32.2 Å². The zero-order valence-corrected chi connectivity index (χ0v) is 11.0. The summed E-state index contributed by atoms with van der Waals surface area (Å²) >= 11 is 0. The lowest BCUT2D eigenvalue weighted by atomic mass is 9.90. The zero-order valence-electron chi connectivity index (χ0n) is 11.0. The third-order valence-corrected chi connectivity index (χ3v) is 4.61. The highest BCUT2D eigenvalue weighted by molar-refractivity contribution is 5.74. The number of carboxylic acid groups (broad SMARTS) is 1. The predicted octanol–water partition coefficient (Wildman–Crippen LogP) is 2.61. The molecule has 1 aromatic carbocycles. The minimum Gasteiger partial charge on any atom is -0.481 e. The molecule has 0 aromatic heterocycles. The molecule has 1 aliphatic heterocycles. The number of aryl methyl sites for hydroxylation is 1. The van der Waals surface area contributed by atoms with Gasteiger partial charge < -0.3 is 5.11 Å². The van der Waals surface area contributed by atoms with Crippen LogP contribution >= 0.6 is 0 Å². The van der Waals surface area contributed by atoms with Gasteiger partial charge in [-0.15, -0.1) is 0 Å². The summed E-state index contributed by atoms with van der Waals surface area (Å²) in [5, 5.41) is 9.29. The third kappa shape index (κ3) is 2.04. The first-order chi connectivity index (χ1) is 8.99. The van der Waals surface area contributed by atoms with E-state index in [1.165, 1.54) is 11.6 Å². The van der Waals surface area contributed by atoms with Crippen LogP contribution in [0.3, 0.4) is 0 Å². The lowest BCUT2D eigenvalue weighted by Gasteiger charge is -2.26. The smallest absolute Gasteiger partial charge is 0.310 e. The van der Waals surface area contributed by atoms with Crippen LogP contribution in [0.2, 0.25) is 0 Å². The molecule has 19 heavy (non-hydrogen) atoms. The average Bonchev–Trinajstić information content (AvgIpc) is 2.93. The lowest BCUT2D eigenvalue weighted by Crippen LogP contribution is -2.33. The van der Waals surface area contributed by atoms with Crippen LogP contribution in [0.4, 0.5) is 4.39 Å². The van der Waals surface area contributed by atoms with Crippen molar-refractivity contribution in [1.29, 1.82) is 0 Å². The van der Waals surface area contributed by atoms with Gasteiger partial charge >= 0.3 is 5.97 Å². The molecule has 0 amide bonds. The molecular weight excluding hydrogens is 245 g/mol. The Balaban J connectivity index is 1.84. The summed E-state index contributed by atoms with van der Waals surface area (Å²) < 4.78 is 13.4. The van der Waals surface area contributed by atoms with Crippen molar-refractivity contribution in [3.63, 3.8) is 0 Å². The number of carbonyl (C=O) groups is 1. The number of nitrogens with zero attached hydrogens (tertiary/aromatic N) is 1. The Bertz CT molecular complexity index is 531. The molecule has 0 unspecified atom stereocenters. The van der Waals surface area contributed by atoms with Gasteiger partial charge in [0.25, 0.3) is 0 Å². The number of aliphatic carboxylic acids is 1. The predicted molar refractivity (Wildman–Crippen MR) is 69.4 cm³/mol. The van der Waals surface area contributed by atoms with E-state index in [0.29, 0.717) is 13.0 Å². The minimum atomic E-state index is -0.729. The highest BCUT2D eigenvalue weighted by Crippen LogP contribution is 2.41. The second-order valence-corrected chi connectivity index (χ2v) is 5.98. The maximum atomic E-state index is 13.4. The number of hydrogen-bond acceptors (Lipinski definition) is 2. The summed E-state index contributed by atoms with van der Waals surface area (Å²) in [4.78, 5) is 13.5. The summed E-state index contributed by atoms with van der Waals surface area (Å²) in [5.74, 6) is -0.932. The molecule has 0 bridgehead atoms. The van der Waals surface area contributed by atoms with Crippen LogP contribution in [0.15, 0.2) is 18.2 Å². The standard InChI is InChI=1S/C15H18FNO2/c1-15(14(18)19)6-7-17(9-15)13-5-3-10-2-4-11(16)8-12(10)13/h2,4,8,13H,3,5-7,9H2,1H3,(H,18,19)/t13-,15+/m1/s1. The van der Waals surface area contributed by atoms with E-state index >= 15 is 0 Å². The van der Waals surface area contributed by atoms with Gasteiger partial charge in [0, 0.05) is 12.6 Å². The average molecular weight is 263 g/mol. The van der Waals surface area contributed by atoms with Gasteiger partial charge in [-0.05, 0) is 56.0 Å². The molecule has 0 radical (unpaired) electrons. The van der Waals surface area contributed by atoms with Crippen LogP contribution in [0.25, 0.3) is 0 Å². The molecule has 1 aliphatic carbocycles. The number of hydrogen-bond donors (Lipinski definition) is 1. The zero-order chi connectivity index (χ0) is 13.6. The molecule has 102 valence electrons. The summed E-state index contributed by atoms with van der Waals surface area (Å²) in [6.45, 7) is 3.14. The van der Waals surface area contributed by atoms with Gasteiger partial charge in [0.1, 0.15) is 5.82 Å². The largest absolute Gasteiger partial charge is 0.481 e. The van der Waals surface area contributed by atoms with E-state index in [0.717, 1.165) is 24.9 Å². The number of benzene rings is 1. The Morgan fingerprint density at radius 1 is 1.53 bits per heavy atom. The normalized spacial score (nSPS) is 30.5. The van der Waals surface area contributed by atoms with Gasteiger partial charge in [0.15, 0.2) is 0 Å². The molecule has 3 nitrogen and oxygen atoms in total. The number of fused-ring (bicyclic) bond motifs is 1. The van der Waals surface area contributed by atoms with Crippen molar-refractivity contribution in [3.8, 4) is 0 Å². The Morgan fingerprint density at radius 2 is 2.32 bits per heavy atom. The minimum absolute atomic E-state index is 0.187. The lowest BCUT2D eigenvalue weighted by molar-refractivity contribution is -0.147. The second kappa shape index (κ2) is 4.30. The van der Waals surface area contributed by atoms with E-state index in [4.69, 9.17) is 0 Å². The van der Waals surface area contributed by atoms with Gasteiger partial charge in [-0.1, -0.05) is 6.07 Å². The van der Waals surface area contributed by atoms with Gasteiger partial charge in [-0.3, -0.25) is 9.69 Å². The Labute approximate surface area is 112 Å². The molecule has 1 aromatic rings. The molecule has 0 saturated carbocycles. The maximum absolute atomic E-state index is 13.4. The van der Waals surface area contributed by atoms with E-state index in [2.05, 4.69) is 4.90 Å². The summed E-state index contributed by atoms with van der Waals surface area (Å²) in [5.41, 5.74) is 1.60. The Hall–Kier alpha value is -1.42. The van der Waals surface area contributed by atoms with Crippen molar-refractivity contribution >= 4 is 5.97 Å². The molecule has 2 atom stereocenters. The summed E-state index contributed by atoms with van der Waals surface area (Å²) in [6.07, 6.45) is 2.60. The van der Waals surface area contributed by atoms with Crippen LogP contribution in [0, 0.1) is 11.2 Å². The fourth-order valence-corrected chi connectivity index (χ4v) is 3.37. The van der Waals surface area contributed by atoms with Gasteiger partial charge in [0.2, 0.25) is 0 Å². The third-order valence-electron chi connectivity index (χ3n) is 4.61. The summed E-state index contributed by atoms with van der Waals surface area (Å²) in [7, 11) is 0. The van der Waals surface area contributed by atoms with Crippen LogP contribution < -0.4 is 0 Å². The first-order valence-corrected chi connectivity index (χ1v) is 6.75. The van der Waals surface area contributed by atoms with Gasteiger partial charge in [-0.25, -0.2) is 4.39 Å².